The summed E-state index contributed by atoms with van der Waals surface area (Å²) in [6.45, 7) is 13.3. The van der Waals surface area contributed by atoms with Gasteiger partial charge in [-0.25, -0.2) is 0 Å². The number of fused-ring (bicyclic) bond motifs is 3. The minimum atomic E-state index is -3.05. The van der Waals surface area contributed by atoms with E-state index in [0.29, 0.717) is 36.4 Å². The van der Waals surface area contributed by atoms with Gasteiger partial charge in [0.05, 0.1) is 36.9 Å². The fourth-order valence-corrected chi connectivity index (χ4v) is 11.5. The van der Waals surface area contributed by atoms with E-state index >= 15 is 0 Å². The molecule has 0 unspecified atom stereocenters. The molecular weight excluding hydrogens is 673 g/mol. The summed E-state index contributed by atoms with van der Waals surface area (Å²) in [5.41, 5.74) is 4.64. The third kappa shape index (κ3) is 7.43. The standard InChI is InChI=1S/C41H56N4O6Si/c1-26(2)11-9-12-27(3)18-20-44-35-17-16-31(43-39(48)34-15-10-19-42-34)22-33(35)41(40(44)49)28(4)38(52(5,6)50)36(51-41)23-37(47)45-24-30-14-8-7-13-29(30)21-32(45)25-46/h7-8,11,13-14,16-18,22,28,32,34,36,38,42,46,50H,9-10,12,15,19-21,23-25H2,1-6H3,(H,43,48)/b27-18+/t28-,32+,34-,36+,38-,41+/m1/s1. The van der Waals surface area contributed by atoms with Crippen LogP contribution in [0.4, 0.5) is 11.4 Å². The van der Waals surface area contributed by atoms with Crippen LogP contribution in [0, 0.1) is 5.92 Å². The Bertz CT molecular complexity index is 1740. The van der Waals surface area contributed by atoms with Crippen LogP contribution in [0.5, 0.6) is 0 Å². The number of nitrogens with zero attached hydrogens (tertiary/aromatic N) is 2. The number of carbonyl (C=O) groups is 3. The first-order chi connectivity index (χ1) is 24.7. The van der Waals surface area contributed by atoms with Crippen LogP contribution in [-0.2, 0) is 37.7 Å². The van der Waals surface area contributed by atoms with E-state index in [9.17, 15) is 24.3 Å². The minimum Gasteiger partial charge on any atom is -0.432 e. The van der Waals surface area contributed by atoms with E-state index in [1.54, 1.807) is 9.80 Å². The Hall–Kier alpha value is -3.61. The van der Waals surface area contributed by atoms with Crippen LogP contribution < -0.4 is 15.5 Å². The van der Waals surface area contributed by atoms with Crippen molar-refractivity contribution in [2.24, 2.45) is 5.92 Å². The molecule has 0 aromatic heterocycles. The molecule has 0 saturated carbocycles. The van der Waals surface area contributed by atoms with Gasteiger partial charge in [0.1, 0.15) is 0 Å². The van der Waals surface area contributed by atoms with Crippen molar-refractivity contribution < 1.29 is 29.0 Å². The minimum absolute atomic E-state index is 0.0256. The quantitative estimate of drug-likeness (QED) is 0.176. The summed E-state index contributed by atoms with van der Waals surface area (Å²) in [5, 5.41) is 16.6. The fraction of sp³-hybridized carbons (Fsp3) is 0.537. The zero-order chi connectivity index (χ0) is 37.4. The number of nitrogens with one attached hydrogen (secondary N) is 2. The fourth-order valence-electron chi connectivity index (χ4n) is 8.94. The molecule has 3 amide bonds. The predicted octanol–water partition coefficient (Wildman–Crippen LogP) is 5.55. The van der Waals surface area contributed by atoms with Crippen LogP contribution in [0.25, 0.3) is 0 Å². The number of benzene rings is 2. The van der Waals surface area contributed by atoms with Crippen LogP contribution in [0.1, 0.15) is 76.5 Å². The number of amides is 3. The van der Waals surface area contributed by atoms with E-state index < -0.39 is 31.5 Å². The van der Waals surface area contributed by atoms with E-state index in [0.717, 1.165) is 43.4 Å². The molecule has 2 saturated heterocycles. The summed E-state index contributed by atoms with van der Waals surface area (Å²) in [4.78, 5) is 57.7. The Kier molecular flexibility index (Phi) is 11.3. The second-order valence-electron chi connectivity index (χ2n) is 16.1. The van der Waals surface area contributed by atoms with E-state index in [-0.39, 0.29) is 42.8 Å². The van der Waals surface area contributed by atoms with Crippen molar-refractivity contribution in [2.45, 2.75) is 115 Å². The van der Waals surface area contributed by atoms with Gasteiger partial charge in [-0.1, -0.05) is 54.5 Å². The van der Waals surface area contributed by atoms with Crippen LogP contribution >= 0.6 is 0 Å². The highest BCUT2D eigenvalue weighted by molar-refractivity contribution is 6.71. The maximum absolute atomic E-state index is 15.0. The lowest BCUT2D eigenvalue weighted by molar-refractivity contribution is -0.150. The van der Waals surface area contributed by atoms with Crippen molar-refractivity contribution in [2.75, 3.05) is 29.9 Å². The summed E-state index contributed by atoms with van der Waals surface area (Å²) >= 11 is 0. The van der Waals surface area contributed by atoms with Crippen LogP contribution in [0.15, 0.2) is 65.8 Å². The molecule has 4 aliphatic heterocycles. The lowest BCUT2D eigenvalue weighted by Gasteiger charge is -2.37. The third-order valence-corrected chi connectivity index (χ3v) is 14.1. The zero-order valence-electron chi connectivity index (χ0n) is 31.6. The SMILES string of the molecule is CC(C)=CCC/C(C)=C/CN1C(=O)[C@@]2(O[C@@H](CC(=O)N3Cc4ccccc4C[C@H]3CO)[C@H]([Si](C)(C)O)[C@H]2C)c2cc(NC(=O)[C@H]3CCCN3)ccc21. The summed E-state index contributed by atoms with van der Waals surface area (Å²) in [5.74, 6) is -0.972. The summed E-state index contributed by atoms with van der Waals surface area (Å²) in [7, 11) is -3.05. The monoisotopic (exact) mass is 728 g/mol. The van der Waals surface area contributed by atoms with Gasteiger partial charge in [0.2, 0.25) is 11.8 Å². The predicted molar refractivity (Wildman–Crippen MR) is 206 cm³/mol. The molecule has 10 nitrogen and oxygen atoms in total. The molecule has 4 N–H and O–H groups in total. The van der Waals surface area contributed by atoms with E-state index in [2.05, 4.69) is 43.6 Å². The molecule has 4 aliphatic rings. The van der Waals surface area contributed by atoms with Gasteiger partial charge < -0.3 is 35.1 Å². The van der Waals surface area contributed by atoms with Crippen molar-refractivity contribution in [3.8, 4) is 0 Å². The van der Waals surface area contributed by atoms with E-state index in [4.69, 9.17) is 4.74 Å². The van der Waals surface area contributed by atoms with Crippen molar-refractivity contribution >= 4 is 37.4 Å². The second-order valence-corrected chi connectivity index (χ2v) is 20.0. The third-order valence-electron chi connectivity index (χ3n) is 11.6. The number of carbonyl (C=O) groups excluding carboxylic acids is 3. The number of aliphatic hydroxyl groups is 1. The van der Waals surface area contributed by atoms with Crippen LogP contribution in [-0.4, -0.2) is 78.7 Å². The van der Waals surface area contributed by atoms with Gasteiger partial charge in [0, 0.05) is 35.8 Å². The molecule has 2 fully saturated rings. The molecule has 0 radical (unpaired) electrons. The second kappa shape index (κ2) is 15.4. The topological polar surface area (TPSA) is 131 Å². The van der Waals surface area contributed by atoms with Gasteiger partial charge in [0.15, 0.2) is 13.9 Å². The Labute approximate surface area is 309 Å². The molecule has 6 atom stereocenters. The Morgan fingerprint density at radius 2 is 1.87 bits per heavy atom. The van der Waals surface area contributed by atoms with Gasteiger partial charge in [-0.05, 0) is 102 Å². The summed E-state index contributed by atoms with van der Waals surface area (Å²) < 4.78 is 7.01. The molecule has 280 valence electrons. The maximum atomic E-state index is 15.0. The van der Waals surface area contributed by atoms with E-state index in [1.807, 2.05) is 62.5 Å². The first-order valence-electron chi connectivity index (χ1n) is 18.9. The van der Waals surface area contributed by atoms with E-state index in [1.165, 1.54) is 11.1 Å². The van der Waals surface area contributed by atoms with Crippen molar-refractivity contribution in [3.05, 3.63) is 82.5 Å². The van der Waals surface area contributed by atoms with Crippen molar-refractivity contribution in [3.63, 3.8) is 0 Å². The Morgan fingerprint density at radius 3 is 2.54 bits per heavy atom. The smallest absolute Gasteiger partial charge is 0.264 e. The molecule has 6 rings (SSSR count). The van der Waals surface area contributed by atoms with Gasteiger partial charge in [-0.15, -0.1) is 0 Å². The average molecular weight is 729 g/mol. The van der Waals surface area contributed by atoms with Crippen molar-refractivity contribution in [1.82, 2.24) is 10.2 Å². The van der Waals surface area contributed by atoms with Gasteiger partial charge in [0.25, 0.3) is 5.91 Å². The summed E-state index contributed by atoms with van der Waals surface area (Å²) in [6.07, 6.45) is 7.60. The van der Waals surface area contributed by atoms with Gasteiger partial charge in [-0.3, -0.25) is 14.4 Å². The number of ether oxygens (including phenoxy) is 1. The highest BCUT2D eigenvalue weighted by atomic mass is 28.4. The Morgan fingerprint density at radius 1 is 1.12 bits per heavy atom. The molecule has 2 aromatic carbocycles. The molecule has 11 heteroatoms. The number of aliphatic hydroxyl groups excluding tert-OH is 1. The normalized spacial score (nSPS) is 27.2. The highest BCUT2D eigenvalue weighted by Gasteiger charge is 2.66. The number of rotatable bonds is 11. The highest BCUT2D eigenvalue weighted by Crippen LogP contribution is 2.60. The maximum Gasteiger partial charge on any atom is 0.264 e. The Balaban J connectivity index is 1.34. The molecule has 2 aromatic rings. The lowest BCUT2D eigenvalue weighted by Crippen LogP contribution is -2.48. The molecule has 0 bridgehead atoms. The van der Waals surface area contributed by atoms with Crippen molar-refractivity contribution in [1.29, 1.82) is 0 Å². The number of anilines is 2. The van der Waals surface area contributed by atoms with Crippen LogP contribution in [0.2, 0.25) is 18.6 Å². The first kappa shape index (κ1) is 38.1. The van der Waals surface area contributed by atoms with Gasteiger partial charge >= 0.3 is 0 Å². The van der Waals surface area contributed by atoms with Gasteiger partial charge in [-0.2, -0.15) is 0 Å². The lowest BCUT2D eigenvalue weighted by atomic mass is 9.82. The van der Waals surface area contributed by atoms with Crippen LogP contribution in [0.3, 0.4) is 0 Å². The largest absolute Gasteiger partial charge is 0.432 e. The zero-order valence-corrected chi connectivity index (χ0v) is 32.6. The molecule has 0 aliphatic carbocycles. The summed E-state index contributed by atoms with van der Waals surface area (Å²) in [6, 6.07) is 12.9. The molecular formula is C41H56N4O6Si. The molecule has 52 heavy (non-hydrogen) atoms. The first-order valence-corrected chi connectivity index (χ1v) is 21.9. The number of allylic oxidation sites excluding steroid dienone is 3. The average Bonchev–Trinajstić information content (AvgIpc) is 3.80. The molecule has 4 heterocycles. The molecule has 1 spiro atoms. The number of hydrogen-bond donors (Lipinski definition) is 4. The number of hydrogen-bond acceptors (Lipinski definition) is 7.